The molecular weight excluding hydrogens is 348 g/mol. The summed E-state index contributed by atoms with van der Waals surface area (Å²) in [6.07, 6.45) is 0. The zero-order valence-corrected chi connectivity index (χ0v) is 14.6. The van der Waals surface area contributed by atoms with E-state index in [1.165, 1.54) is 11.3 Å². The number of carboxylic acid groups (broad SMARTS) is 1. The first-order valence-corrected chi connectivity index (χ1v) is 8.87. The van der Waals surface area contributed by atoms with Crippen LogP contribution < -0.4 is 10.3 Å². The van der Waals surface area contributed by atoms with E-state index < -0.39 is 5.97 Å². The summed E-state index contributed by atoms with van der Waals surface area (Å²) < 4.78 is 5.26. The van der Waals surface area contributed by atoms with Crippen molar-refractivity contribution in [2.24, 2.45) is 0 Å². The van der Waals surface area contributed by atoms with Gasteiger partial charge in [-0.2, -0.15) is 0 Å². The molecule has 0 aliphatic rings. The summed E-state index contributed by atoms with van der Waals surface area (Å²) in [5.74, 6) is -0.314. The monoisotopic (exact) mass is 362 g/mol. The maximum atomic E-state index is 12.4. The number of carboxylic acids is 1. The molecule has 0 atom stereocenters. The summed E-state index contributed by atoms with van der Waals surface area (Å²) in [5.41, 5.74) is 2.44. The highest BCUT2D eigenvalue weighted by atomic mass is 32.2. The maximum Gasteiger partial charge on any atom is 0.313 e. The van der Waals surface area contributed by atoms with Gasteiger partial charge in [0.25, 0.3) is 5.56 Å². The Balaban J connectivity index is 2.06. The lowest BCUT2D eigenvalue weighted by molar-refractivity contribution is -0.133. The minimum Gasteiger partial charge on any atom is -0.496 e. The normalized spacial score (nSPS) is 10.9. The Morgan fingerprint density at radius 2 is 2.25 bits per heavy atom. The molecule has 2 aromatic heterocycles. The second kappa shape index (κ2) is 6.66. The zero-order valence-electron chi connectivity index (χ0n) is 13.0. The number of nitrogens with one attached hydrogen (secondary N) is 1. The number of thiophene rings is 1. The lowest BCUT2D eigenvalue weighted by Gasteiger charge is -2.07. The van der Waals surface area contributed by atoms with Crippen LogP contribution in [0.4, 0.5) is 0 Å². The van der Waals surface area contributed by atoms with E-state index in [0.717, 1.165) is 34.2 Å². The molecule has 0 bridgehead atoms. The number of benzene rings is 1. The van der Waals surface area contributed by atoms with E-state index in [1.54, 1.807) is 7.11 Å². The third-order valence-electron chi connectivity index (χ3n) is 3.46. The molecule has 0 saturated heterocycles. The first kappa shape index (κ1) is 16.5. The van der Waals surface area contributed by atoms with Crippen LogP contribution in [0.15, 0.2) is 33.5 Å². The van der Waals surface area contributed by atoms with Gasteiger partial charge in [-0.05, 0) is 30.2 Å². The molecule has 0 fully saturated rings. The molecule has 1 aromatic carbocycles. The van der Waals surface area contributed by atoms with E-state index in [0.29, 0.717) is 15.4 Å². The summed E-state index contributed by atoms with van der Waals surface area (Å²) in [6.45, 7) is 1.94. The molecule has 0 amide bonds. The minimum atomic E-state index is -0.955. The van der Waals surface area contributed by atoms with Crippen molar-refractivity contribution in [2.45, 2.75) is 12.1 Å². The number of aliphatic carboxylic acids is 1. The van der Waals surface area contributed by atoms with Gasteiger partial charge in [-0.1, -0.05) is 17.8 Å². The predicted molar refractivity (Wildman–Crippen MR) is 95.3 cm³/mol. The summed E-state index contributed by atoms with van der Waals surface area (Å²) in [6, 6.07) is 5.74. The van der Waals surface area contributed by atoms with E-state index in [2.05, 4.69) is 9.97 Å². The van der Waals surface area contributed by atoms with Gasteiger partial charge in [0.05, 0.1) is 18.2 Å². The first-order chi connectivity index (χ1) is 11.5. The van der Waals surface area contributed by atoms with Crippen LogP contribution >= 0.6 is 23.1 Å². The number of nitrogens with zero attached hydrogens (tertiary/aromatic N) is 1. The standard InChI is InChI=1S/C16H14N2O4S2/c1-8-5-9(3-4-11(8)22-2)10-6-23-15-13(10)14(21)17-16(18-15)24-7-12(19)20/h3-6H,7H2,1-2H3,(H,19,20)(H,17,18,21). The van der Waals surface area contributed by atoms with Crippen molar-refractivity contribution in [1.82, 2.24) is 9.97 Å². The molecule has 2 heterocycles. The molecule has 6 nitrogen and oxygen atoms in total. The summed E-state index contributed by atoms with van der Waals surface area (Å²) in [7, 11) is 1.62. The number of carbonyl (C=O) groups is 1. The highest BCUT2D eigenvalue weighted by Crippen LogP contribution is 2.33. The Labute approximate surface area is 145 Å². The van der Waals surface area contributed by atoms with Crippen molar-refractivity contribution >= 4 is 39.3 Å². The third kappa shape index (κ3) is 3.15. The number of rotatable bonds is 5. The number of aromatic nitrogens is 2. The Kier molecular flexibility index (Phi) is 4.59. The zero-order chi connectivity index (χ0) is 17.3. The van der Waals surface area contributed by atoms with Gasteiger partial charge < -0.3 is 14.8 Å². The van der Waals surface area contributed by atoms with Crippen LogP contribution in [-0.2, 0) is 4.79 Å². The van der Waals surface area contributed by atoms with E-state index in [1.807, 2.05) is 30.5 Å². The van der Waals surface area contributed by atoms with Gasteiger partial charge >= 0.3 is 5.97 Å². The number of ether oxygens (including phenoxy) is 1. The van der Waals surface area contributed by atoms with Gasteiger partial charge in [0.2, 0.25) is 0 Å². The van der Waals surface area contributed by atoms with E-state index in [9.17, 15) is 9.59 Å². The molecule has 8 heteroatoms. The first-order valence-electron chi connectivity index (χ1n) is 7.00. The molecule has 0 spiro atoms. The largest absolute Gasteiger partial charge is 0.496 e. The number of hydrogen-bond acceptors (Lipinski definition) is 6. The number of H-pyrrole nitrogens is 1. The minimum absolute atomic E-state index is 0.148. The van der Waals surface area contributed by atoms with Crippen LogP contribution in [0, 0.1) is 6.92 Å². The fourth-order valence-electron chi connectivity index (χ4n) is 2.39. The molecule has 124 valence electrons. The number of aromatic amines is 1. The highest BCUT2D eigenvalue weighted by Gasteiger charge is 2.14. The second-order valence-corrected chi connectivity index (χ2v) is 6.89. The molecule has 24 heavy (non-hydrogen) atoms. The van der Waals surface area contributed by atoms with Crippen LogP contribution in [-0.4, -0.2) is 33.9 Å². The molecule has 0 aliphatic heterocycles. The van der Waals surface area contributed by atoms with Crippen molar-refractivity contribution in [3.63, 3.8) is 0 Å². The van der Waals surface area contributed by atoms with E-state index in [-0.39, 0.29) is 11.3 Å². The molecule has 3 rings (SSSR count). The third-order valence-corrected chi connectivity index (χ3v) is 5.19. The molecule has 3 aromatic rings. The van der Waals surface area contributed by atoms with Gasteiger partial charge in [0.1, 0.15) is 10.6 Å². The van der Waals surface area contributed by atoms with Gasteiger partial charge in [0.15, 0.2) is 5.16 Å². The lowest BCUT2D eigenvalue weighted by atomic mass is 10.0. The molecule has 2 N–H and O–H groups in total. The fraction of sp³-hybridized carbons (Fsp3) is 0.188. The number of thioether (sulfide) groups is 1. The summed E-state index contributed by atoms with van der Waals surface area (Å²) >= 11 is 2.36. The number of aryl methyl sites for hydroxylation is 1. The number of methoxy groups -OCH3 is 1. The summed E-state index contributed by atoms with van der Waals surface area (Å²) in [5, 5.41) is 11.5. The second-order valence-electron chi connectivity index (χ2n) is 5.07. The van der Waals surface area contributed by atoms with Crippen LogP contribution in [0.2, 0.25) is 0 Å². The number of hydrogen-bond donors (Lipinski definition) is 2. The molecule has 0 saturated carbocycles. The quantitative estimate of drug-likeness (QED) is 0.535. The van der Waals surface area contributed by atoms with Gasteiger partial charge in [-0.3, -0.25) is 9.59 Å². The topological polar surface area (TPSA) is 92.3 Å². The summed E-state index contributed by atoms with van der Waals surface area (Å²) in [4.78, 5) is 30.7. The van der Waals surface area contributed by atoms with Crippen molar-refractivity contribution in [3.8, 4) is 16.9 Å². The van der Waals surface area contributed by atoms with E-state index >= 15 is 0 Å². The molecule has 0 unspecified atom stereocenters. The lowest BCUT2D eigenvalue weighted by Crippen LogP contribution is -2.09. The van der Waals surface area contributed by atoms with Gasteiger partial charge in [-0.15, -0.1) is 11.3 Å². The Morgan fingerprint density at radius 1 is 1.46 bits per heavy atom. The fourth-order valence-corrected chi connectivity index (χ4v) is 3.97. The highest BCUT2D eigenvalue weighted by molar-refractivity contribution is 7.99. The number of fused-ring (bicyclic) bond motifs is 1. The Hall–Kier alpha value is -2.32. The average Bonchev–Trinajstić information content (AvgIpc) is 2.97. The molecular formula is C16H14N2O4S2. The Morgan fingerprint density at radius 3 is 2.92 bits per heavy atom. The van der Waals surface area contributed by atoms with Gasteiger partial charge in [-0.25, -0.2) is 4.98 Å². The molecule has 0 aliphatic carbocycles. The molecule has 0 radical (unpaired) electrons. The van der Waals surface area contributed by atoms with Crippen molar-refractivity contribution < 1.29 is 14.6 Å². The van der Waals surface area contributed by atoms with Crippen molar-refractivity contribution in [2.75, 3.05) is 12.9 Å². The average molecular weight is 362 g/mol. The smallest absolute Gasteiger partial charge is 0.313 e. The van der Waals surface area contributed by atoms with Gasteiger partial charge in [0, 0.05) is 10.9 Å². The van der Waals surface area contributed by atoms with Crippen LogP contribution in [0.5, 0.6) is 5.75 Å². The SMILES string of the molecule is COc1ccc(-c2csc3nc(SCC(=O)O)[nH]c(=O)c23)cc1C. The van der Waals surface area contributed by atoms with E-state index in [4.69, 9.17) is 9.84 Å². The van der Waals surface area contributed by atoms with Crippen molar-refractivity contribution in [3.05, 3.63) is 39.5 Å². The van der Waals surface area contributed by atoms with Crippen molar-refractivity contribution in [1.29, 1.82) is 0 Å². The Bertz CT molecular complexity index is 978. The maximum absolute atomic E-state index is 12.4. The van der Waals surface area contributed by atoms with Crippen LogP contribution in [0.3, 0.4) is 0 Å². The van der Waals surface area contributed by atoms with Crippen LogP contribution in [0.25, 0.3) is 21.3 Å². The predicted octanol–water partition coefficient (Wildman–Crippen LogP) is 3.15. The van der Waals surface area contributed by atoms with Crippen LogP contribution in [0.1, 0.15) is 5.56 Å².